The van der Waals surface area contributed by atoms with Crippen molar-refractivity contribution in [2.24, 2.45) is 11.8 Å². The first-order chi connectivity index (χ1) is 9.36. The molecule has 0 spiro atoms. The molecular formula is C16H26N2O. The summed E-state index contributed by atoms with van der Waals surface area (Å²) >= 11 is 0. The van der Waals surface area contributed by atoms with Gasteiger partial charge in [0.2, 0.25) is 0 Å². The molecule has 1 aliphatic rings. The molecule has 19 heavy (non-hydrogen) atoms. The number of benzene rings is 1. The van der Waals surface area contributed by atoms with E-state index in [2.05, 4.69) is 30.5 Å². The zero-order chi connectivity index (χ0) is 13.5. The zero-order valence-electron chi connectivity index (χ0n) is 11.9. The van der Waals surface area contributed by atoms with Crippen molar-refractivity contribution in [1.82, 2.24) is 5.43 Å². The molecule has 0 heterocycles. The van der Waals surface area contributed by atoms with Crippen LogP contribution in [0, 0.1) is 5.92 Å². The summed E-state index contributed by atoms with van der Waals surface area (Å²) in [5.41, 5.74) is 4.24. The summed E-state index contributed by atoms with van der Waals surface area (Å²) in [5, 5.41) is 0. The maximum atomic E-state index is 5.86. The van der Waals surface area contributed by atoms with Crippen molar-refractivity contribution < 1.29 is 4.74 Å². The normalized spacial score (nSPS) is 18.2. The molecule has 106 valence electrons. The minimum absolute atomic E-state index is 0.216. The summed E-state index contributed by atoms with van der Waals surface area (Å²) in [5.74, 6) is 7.44. The highest BCUT2D eigenvalue weighted by molar-refractivity contribution is 5.36. The zero-order valence-corrected chi connectivity index (χ0v) is 11.9. The molecule has 1 aromatic carbocycles. The van der Waals surface area contributed by atoms with Crippen LogP contribution in [0.15, 0.2) is 24.3 Å². The summed E-state index contributed by atoms with van der Waals surface area (Å²) < 4.78 is 5.86. The molecule has 3 N–H and O–H groups in total. The van der Waals surface area contributed by atoms with Crippen LogP contribution in [0.3, 0.4) is 0 Å². The van der Waals surface area contributed by atoms with Gasteiger partial charge in [0.05, 0.1) is 12.6 Å². The number of hydrogen-bond donors (Lipinski definition) is 2. The summed E-state index contributed by atoms with van der Waals surface area (Å²) in [7, 11) is 0. The van der Waals surface area contributed by atoms with Crippen LogP contribution in [-0.4, -0.2) is 6.61 Å². The third-order valence-electron chi connectivity index (χ3n) is 4.02. The predicted octanol–water partition coefficient (Wildman–Crippen LogP) is 3.56. The number of nitrogens with two attached hydrogens (primary N) is 1. The van der Waals surface area contributed by atoms with Crippen LogP contribution in [0.1, 0.15) is 57.1 Å². The Kier molecular flexibility index (Phi) is 5.67. The van der Waals surface area contributed by atoms with Crippen molar-refractivity contribution in [3.63, 3.8) is 0 Å². The highest BCUT2D eigenvalue weighted by Gasteiger charge is 2.26. The van der Waals surface area contributed by atoms with Gasteiger partial charge in [0.25, 0.3) is 0 Å². The average Bonchev–Trinajstić information content (AvgIpc) is 2.48. The minimum atomic E-state index is 0.216. The summed E-state index contributed by atoms with van der Waals surface area (Å²) in [6.07, 6.45) is 7.55. The van der Waals surface area contributed by atoms with Crippen LogP contribution < -0.4 is 16.0 Å². The molecule has 0 aliphatic heterocycles. The number of para-hydroxylation sites is 1. The van der Waals surface area contributed by atoms with Gasteiger partial charge in [-0.3, -0.25) is 11.3 Å². The molecule has 3 heteroatoms. The van der Waals surface area contributed by atoms with Crippen LogP contribution >= 0.6 is 0 Å². The van der Waals surface area contributed by atoms with Gasteiger partial charge in [-0.05, 0) is 31.2 Å². The molecule has 2 rings (SSSR count). The molecule has 1 saturated carbocycles. The fourth-order valence-corrected chi connectivity index (χ4v) is 3.03. The SMILES string of the molecule is CCCOc1ccccc1C(NN)C1CCCCC1. The Labute approximate surface area is 116 Å². The first-order valence-corrected chi connectivity index (χ1v) is 7.54. The monoisotopic (exact) mass is 262 g/mol. The molecule has 1 atom stereocenters. The maximum absolute atomic E-state index is 5.86. The molecule has 1 unspecified atom stereocenters. The molecule has 3 nitrogen and oxygen atoms in total. The number of ether oxygens (including phenoxy) is 1. The second-order valence-electron chi connectivity index (χ2n) is 5.43. The van der Waals surface area contributed by atoms with Crippen molar-refractivity contribution >= 4 is 0 Å². The summed E-state index contributed by atoms with van der Waals surface area (Å²) in [6, 6.07) is 8.51. The largest absolute Gasteiger partial charge is 0.493 e. The fourth-order valence-electron chi connectivity index (χ4n) is 3.03. The lowest BCUT2D eigenvalue weighted by Gasteiger charge is -2.31. The van der Waals surface area contributed by atoms with E-state index in [0.717, 1.165) is 18.8 Å². The van der Waals surface area contributed by atoms with E-state index >= 15 is 0 Å². The van der Waals surface area contributed by atoms with Gasteiger partial charge in [0, 0.05) is 5.56 Å². The minimum Gasteiger partial charge on any atom is -0.493 e. The Morgan fingerprint density at radius 2 is 2.00 bits per heavy atom. The van der Waals surface area contributed by atoms with Crippen LogP contribution in [-0.2, 0) is 0 Å². The van der Waals surface area contributed by atoms with Gasteiger partial charge in [-0.15, -0.1) is 0 Å². The van der Waals surface area contributed by atoms with Gasteiger partial charge < -0.3 is 4.74 Å². The van der Waals surface area contributed by atoms with Crippen molar-refractivity contribution in [2.75, 3.05) is 6.61 Å². The lowest BCUT2D eigenvalue weighted by molar-refractivity contribution is 0.259. The lowest BCUT2D eigenvalue weighted by Crippen LogP contribution is -2.34. The Morgan fingerprint density at radius 3 is 2.68 bits per heavy atom. The van der Waals surface area contributed by atoms with E-state index in [1.54, 1.807) is 0 Å². The average molecular weight is 262 g/mol. The predicted molar refractivity (Wildman–Crippen MR) is 78.9 cm³/mol. The van der Waals surface area contributed by atoms with E-state index in [1.165, 1.54) is 37.7 Å². The fraction of sp³-hybridized carbons (Fsp3) is 0.625. The topological polar surface area (TPSA) is 47.3 Å². The van der Waals surface area contributed by atoms with Gasteiger partial charge >= 0.3 is 0 Å². The van der Waals surface area contributed by atoms with Crippen molar-refractivity contribution in [3.05, 3.63) is 29.8 Å². The van der Waals surface area contributed by atoms with E-state index in [1.807, 2.05) is 6.07 Å². The lowest BCUT2D eigenvalue weighted by atomic mass is 9.81. The Morgan fingerprint density at radius 1 is 1.26 bits per heavy atom. The number of hydrogen-bond acceptors (Lipinski definition) is 3. The molecule has 0 radical (unpaired) electrons. The van der Waals surface area contributed by atoms with Gasteiger partial charge in [-0.1, -0.05) is 44.4 Å². The second-order valence-corrected chi connectivity index (χ2v) is 5.43. The molecule has 1 fully saturated rings. The van der Waals surface area contributed by atoms with E-state index in [9.17, 15) is 0 Å². The number of hydrazine groups is 1. The summed E-state index contributed by atoms with van der Waals surface area (Å²) in [4.78, 5) is 0. The van der Waals surface area contributed by atoms with Gasteiger partial charge in [0.1, 0.15) is 5.75 Å². The van der Waals surface area contributed by atoms with Gasteiger partial charge in [-0.25, -0.2) is 0 Å². The number of nitrogens with one attached hydrogen (secondary N) is 1. The molecule has 0 aromatic heterocycles. The standard InChI is InChI=1S/C16H26N2O/c1-2-12-19-15-11-7-6-10-14(15)16(18-17)13-8-4-3-5-9-13/h6-7,10-11,13,16,18H,2-5,8-9,12,17H2,1H3. The third-order valence-corrected chi connectivity index (χ3v) is 4.02. The smallest absolute Gasteiger partial charge is 0.124 e. The van der Waals surface area contributed by atoms with Gasteiger partial charge in [-0.2, -0.15) is 0 Å². The molecular weight excluding hydrogens is 236 g/mol. The van der Waals surface area contributed by atoms with Crippen LogP contribution in [0.2, 0.25) is 0 Å². The Balaban J connectivity index is 2.16. The molecule has 1 aromatic rings. The second kappa shape index (κ2) is 7.51. The number of rotatable bonds is 6. The van der Waals surface area contributed by atoms with Crippen molar-refractivity contribution in [2.45, 2.75) is 51.5 Å². The van der Waals surface area contributed by atoms with E-state index in [4.69, 9.17) is 10.6 Å². The van der Waals surface area contributed by atoms with Crippen molar-refractivity contribution in [1.29, 1.82) is 0 Å². The Bertz CT molecular complexity index is 375. The summed E-state index contributed by atoms with van der Waals surface area (Å²) in [6.45, 7) is 2.89. The Hall–Kier alpha value is -1.06. The van der Waals surface area contributed by atoms with E-state index in [-0.39, 0.29) is 6.04 Å². The van der Waals surface area contributed by atoms with E-state index < -0.39 is 0 Å². The highest BCUT2D eigenvalue weighted by atomic mass is 16.5. The third kappa shape index (κ3) is 3.71. The quantitative estimate of drug-likeness (QED) is 0.608. The maximum Gasteiger partial charge on any atom is 0.124 e. The van der Waals surface area contributed by atoms with Gasteiger partial charge in [0.15, 0.2) is 0 Å². The van der Waals surface area contributed by atoms with Crippen molar-refractivity contribution in [3.8, 4) is 5.75 Å². The van der Waals surface area contributed by atoms with E-state index in [0.29, 0.717) is 5.92 Å². The van der Waals surface area contributed by atoms with Crippen LogP contribution in [0.5, 0.6) is 5.75 Å². The van der Waals surface area contributed by atoms with Crippen LogP contribution in [0.4, 0.5) is 0 Å². The first-order valence-electron chi connectivity index (χ1n) is 7.54. The van der Waals surface area contributed by atoms with Crippen LogP contribution in [0.25, 0.3) is 0 Å². The highest BCUT2D eigenvalue weighted by Crippen LogP contribution is 2.37. The first kappa shape index (κ1) is 14.4. The molecule has 1 aliphatic carbocycles. The molecule has 0 bridgehead atoms. The molecule has 0 amide bonds. The molecule has 0 saturated heterocycles.